The van der Waals surface area contributed by atoms with Gasteiger partial charge in [-0.1, -0.05) is 0 Å². The number of aryl methyl sites for hydroxylation is 4. The minimum atomic E-state index is 0.974. The molecule has 0 radical (unpaired) electrons. The van der Waals surface area contributed by atoms with Crippen LogP contribution in [-0.2, 0) is 0 Å². The molecule has 0 saturated heterocycles. The molecule has 0 amide bonds. The number of benzene rings is 2. The van der Waals surface area contributed by atoms with Crippen molar-refractivity contribution in [1.29, 1.82) is 0 Å². The average Bonchev–Trinajstić information content (AvgIpc) is 3.17. The Kier molecular flexibility index (Phi) is 5.59. The summed E-state index contributed by atoms with van der Waals surface area (Å²) in [5.74, 6) is 1.96. The fourth-order valence-electron chi connectivity index (χ4n) is 3.37. The Bertz CT molecular complexity index is 1010. The van der Waals surface area contributed by atoms with E-state index in [0.29, 0.717) is 0 Å². The maximum Gasteiger partial charge on any atom is 0.136 e. The van der Waals surface area contributed by atoms with E-state index in [1.54, 1.807) is 0 Å². The van der Waals surface area contributed by atoms with E-state index in [0.717, 1.165) is 35.8 Å². The van der Waals surface area contributed by atoms with Crippen LogP contribution >= 0.6 is 0 Å². The van der Waals surface area contributed by atoms with Crippen molar-refractivity contribution >= 4 is 27.6 Å². The van der Waals surface area contributed by atoms with Gasteiger partial charge in [0.05, 0.1) is 0 Å². The van der Waals surface area contributed by atoms with Crippen LogP contribution in [-0.4, -0.2) is 13.1 Å². The summed E-state index contributed by atoms with van der Waals surface area (Å²) in [5, 5.41) is 2.39. The molecule has 0 atom stereocenters. The van der Waals surface area contributed by atoms with Crippen molar-refractivity contribution in [1.82, 2.24) is 0 Å². The highest BCUT2D eigenvalue weighted by Gasteiger charge is 2.05. The van der Waals surface area contributed by atoms with E-state index >= 15 is 0 Å². The molecule has 0 saturated carbocycles. The van der Waals surface area contributed by atoms with E-state index in [2.05, 4.69) is 75.1 Å². The standard InChI is InChI=1S/C13H17NO.C11H12O/c1-4-14(5-2)12-7-6-11-8-10(3)15-13(11)9-12;1-7-4-10-6-9(3)12-11(10)5-8(7)2/h6-9H,4-5H2,1-3H3;4-6H,1-3H3. The molecular formula is C24H29NO2. The van der Waals surface area contributed by atoms with Gasteiger partial charge < -0.3 is 13.7 Å². The zero-order valence-corrected chi connectivity index (χ0v) is 17.2. The molecule has 4 rings (SSSR count). The second-order valence-corrected chi connectivity index (χ2v) is 7.08. The first-order valence-corrected chi connectivity index (χ1v) is 9.63. The number of hydrogen-bond acceptors (Lipinski definition) is 3. The van der Waals surface area contributed by atoms with Gasteiger partial charge >= 0.3 is 0 Å². The van der Waals surface area contributed by atoms with Crippen molar-refractivity contribution in [2.75, 3.05) is 18.0 Å². The van der Waals surface area contributed by atoms with Crippen molar-refractivity contribution in [3.8, 4) is 0 Å². The van der Waals surface area contributed by atoms with Crippen molar-refractivity contribution in [2.45, 2.75) is 41.5 Å². The molecule has 3 heteroatoms. The third-order valence-electron chi connectivity index (χ3n) is 5.01. The Morgan fingerprint density at radius 1 is 0.667 bits per heavy atom. The van der Waals surface area contributed by atoms with Crippen molar-refractivity contribution < 1.29 is 8.83 Å². The van der Waals surface area contributed by atoms with Crippen LogP contribution in [0.5, 0.6) is 0 Å². The first-order chi connectivity index (χ1) is 12.9. The average molecular weight is 364 g/mol. The highest BCUT2D eigenvalue weighted by atomic mass is 16.3. The number of fused-ring (bicyclic) bond motifs is 2. The molecular weight excluding hydrogens is 334 g/mol. The van der Waals surface area contributed by atoms with E-state index in [4.69, 9.17) is 8.83 Å². The lowest BCUT2D eigenvalue weighted by Gasteiger charge is -2.20. The number of anilines is 1. The van der Waals surface area contributed by atoms with E-state index in [1.807, 2.05) is 13.8 Å². The quantitative estimate of drug-likeness (QED) is 0.394. The third-order valence-corrected chi connectivity index (χ3v) is 5.01. The van der Waals surface area contributed by atoms with Gasteiger partial charge in [0.25, 0.3) is 0 Å². The Morgan fingerprint density at radius 2 is 1.22 bits per heavy atom. The minimum absolute atomic E-state index is 0.974. The van der Waals surface area contributed by atoms with Gasteiger partial charge in [0, 0.05) is 35.6 Å². The van der Waals surface area contributed by atoms with Crippen LogP contribution in [0.4, 0.5) is 5.69 Å². The summed E-state index contributed by atoms with van der Waals surface area (Å²) in [4.78, 5) is 2.32. The van der Waals surface area contributed by atoms with Crippen LogP contribution in [0.3, 0.4) is 0 Å². The van der Waals surface area contributed by atoms with Gasteiger partial charge in [-0.05, 0) is 89.1 Å². The van der Waals surface area contributed by atoms with E-state index in [1.165, 1.54) is 27.6 Å². The summed E-state index contributed by atoms with van der Waals surface area (Å²) >= 11 is 0. The molecule has 0 N–H and O–H groups in total. The highest BCUT2D eigenvalue weighted by molar-refractivity contribution is 5.82. The summed E-state index contributed by atoms with van der Waals surface area (Å²) in [6.07, 6.45) is 0. The molecule has 0 aliphatic rings. The molecule has 3 nitrogen and oxygen atoms in total. The van der Waals surface area contributed by atoms with Crippen LogP contribution in [0.15, 0.2) is 51.3 Å². The van der Waals surface area contributed by atoms with Crippen LogP contribution in [0, 0.1) is 27.7 Å². The molecule has 2 heterocycles. The monoisotopic (exact) mass is 363 g/mol. The topological polar surface area (TPSA) is 29.5 Å². The Labute approximate surface area is 161 Å². The first kappa shape index (κ1) is 19.1. The predicted octanol–water partition coefficient (Wildman–Crippen LogP) is 6.95. The lowest BCUT2D eigenvalue weighted by Crippen LogP contribution is -2.21. The number of furan rings is 2. The fourth-order valence-corrected chi connectivity index (χ4v) is 3.37. The molecule has 27 heavy (non-hydrogen) atoms. The van der Waals surface area contributed by atoms with Gasteiger partial charge in [0.1, 0.15) is 22.7 Å². The maximum atomic E-state index is 5.62. The summed E-state index contributed by atoms with van der Waals surface area (Å²) < 4.78 is 11.1. The highest BCUT2D eigenvalue weighted by Crippen LogP contribution is 2.25. The van der Waals surface area contributed by atoms with Gasteiger partial charge in [0.2, 0.25) is 0 Å². The molecule has 0 unspecified atom stereocenters. The van der Waals surface area contributed by atoms with Gasteiger partial charge in [0.15, 0.2) is 0 Å². The Hall–Kier alpha value is -2.68. The van der Waals surface area contributed by atoms with Gasteiger partial charge in [-0.15, -0.1) is 0 Å². The lowest BCUT2D eigenvalue weighted by atomic mass is 10.1. The van der Waals surface area contributed by atoms with Crippen molar-refractivity contribution in [2.24, 2.45) is 0 Å². The summed E-state index contributed by atoms with van der Waals surface area (Å²) in [6, 6.07) is 14.8. The summed E-state index contributed by atoms with van der Waals surface area (Å²) in [6.45, 7) is 14.6. The van der Waals surface area contributed by atoms with Crippen LogP contribution in [0.25, 0.3) is 21.9 Å². The molecule has 0 spiro atoms. The SMILES string of the molecule is CCN(CC)c1ccc2cc(C)oc2c1.Cc1cc2cc(C)c(C)cc2o1. The smallest absolute Gasteiger partial charge is 0.136 e. The molecule has 0 aliphatic carbocycles. The van der Waals surface area contributed by atoms with Gasteiger partial charge in [-0.25, -0.2) is 0 Å². The number of nitrogens with zero attached hydrogens (tertiary/aromatic N) is 1. The van der Waals surface area contributed by atoms with E-state index in [-0.39, 0.29) is 0 Å². The van der Waals surface area contributed by atoms with Gasteiger partial charge in [-0.3, -0.25) is 0 Å². The molecule has 0 fully saturated rings. The Balaban J connectivity index is 0.000000159. The third kappa shape index (κ3) is 4.19. The fraction of sp³-hybridized carbons (Fsp3) is 0.333. The molecule has 4 aromatic rings. The molecule has 2 aromatic carbocycles. The zero-order chi connectivity index (χ0) is 19.6. The molecule has 0 aliphatic heterocycles. The minimum Gasteiger partial charge on any atom is -0.461 e. The van der Waals surface area contributed by atoms with Crippen molar-refractivity contribution in [3.05, 3.63) is 65.1 Å². The first-order valence-electron chi connectivity index (χ1n) is 9.63. The largest absolute Gasteiger partial charge is 0.461 e. The van der Waals surface area contributed by atoms with Gasteiger partial charge in [-0.2, -0.15) is 0 Å². The van der Waals surface area contributed by atoms with E-state index in [9.17, 15) is 0 Å². The maximum absolute atomic E-state index is 5.62. The number of rotatable bonds is 3. The molecule has 142 valence electrons. The number of hydrogen-bond donors (Lipinski definition) is 0. The normalized spacial score (nSPS) is 10.9. The Morgan fingerprint density at radius 3 is 1.85 bits per heavy atom. The lowest BCUT2D eigenvalue weighted by molar-refractivity contribution is 0.578. The van der Waals surface area contributed by atoms with Crippen LogP contribution < -0.4 is 4.90 Å². The van der Waals surface area contributed by atoms with Crippen LogP contribution in [0.1, 0.15) is 36.5 Å². The second kappa shape index (κ2) is 7.91. The van der Waals surface area contributed by atoms with E-state index < -0.39 is 0 Å². The molecule has 0 bridgehead atoms. The zero-order valence-electron chi connectivity index (χ0n) is 17.2. The molecule has 2 aromatic heterocycles. The van der Waals surface area contributed by atoms with Crippen LogP contribution in [0.2, 0.25) is 0 Å². The van der Waals surface area contributed by atoms with Crippen molar-refractivity contribution in [3.63, 3.8) is 0 Å². The summed E-state index contributed by atoms with van der Waals surface area (Å²) in [7, 11) is 0. The predicted molar refractivity (Wildman–Crippen MR) is 115 cm³/mol. The second-order valence-electron chi connectivity index (χ2n) is 7.08. The summed E-state index contributed by atoms with van der Waals surface area (Å²) in [5.41, 5.74) is 5.83.